The average molecular weight is 390 g/mol. The Morgan fingerprint density at radius 1 is 1.21 bits per heavy atom. The van der Waals surface area contributed by atoms with Gasteiger partial charge in [0.25, 0.3) is 0 Å². The molecule has 0 aliphatic rings. The number of nitrogens with zero attached hydrogens (tertiary/aromatic N) is 1. The van der Waals surface area contributed by atoms with Crippen LogP contribution in [-0.2, 0) is 16.9 Å². The first-order chi connectivity index (χ1) is 11.3. The number of rotatable bonds is 5. The van der Waals surface area contributed by atoms with E-state index in [4.69, 9.17) is 9.94 Å². The molecule has 0 bridgehead atoms. The van der Waals surface area contributed by atoms with Gasteiger partial charge in [-0.15, -0.1) is 0 Å². The molecule has 1 N–H and O–H groups in total. The van der Waals surface area contributed by atoms with Gasteiger partial charge < -0.3 is 9.94 Å². The van der Waals surface area contributed by atoms with Crippen molar-refractivity contribution >= 4 is 28.1 Å². The van der Waals surface area contributed by atoms with E-state index >= 15 is 0 Å². The summed E-state index contributed by atoms with van der Waals surface area (Å²) in [6.07, 6.45) is 1.66. The summed E-state index contributed by atoms with van der Waals surface area (Å²) in [5, 5.41) is 12.9. The predicted molar refractivity (Wildman–Crippen MR) is 98.6 cm³/mol. The first-order valence-electron chi connectivity index (χ1n) is 7.55. The van der Waals surface area contributed by atoms with Gasteiger partial charge in [0.15, 0.2) is 0 Å². The summed E-state index contributed by atoms with van der Waals surface area (Å²) in [5.74, 6) is -0.967. The summed E-state index contributed by atoms with van der Waals surface area (Å²) in [4.78, 5) is 16.2. The van der Waals surface area contributed by atoms with Crippen molar-refractivity contribution in [3.05, 3.63) is 69.2 Å². The van der Waals surface area contributed by atoms with E-state index in [1.165, 1.54) is 5.56 Å². The van der Waals surface area contributed by atoms with Gasteiger partial charge in [-0.25, -0.2) is 4.79 Å². The van der Waals surface area contributed by atoms with Gasteiger partial charge >= 0.3 is 5.97 Å². The van der Waals surface area contributed by atoms with Crippen LogP contribution in [0.3, 0.4) is 0 Å². The fraction of sp³-hybridized carbons (Fsp3) is 0.263. The summed E-state index contributed by atoms with van der Waals surface area (Å²) in [6.45, 7) is 6.79. The van der Waals surface area contributed by atoms with Crippen LogP contribution < -0.4 is 0 Å². The second-order valence-electron chi connectivity index (χ2n) is 6.50. The Morgan fingerprint density at radius 2 is 1.88 bits per heavy atom. The molecule has 2 aromatic carbocycles. The minimum absolute atomic E-state index is 0.127. The first kappa shape index (κ1) is 18.2. The number of carbonyl (C=O) groups is 1. The molecule has 0 spiro atoms. The van der Waals surface area contributed by atoms with E-state index in [0.717, 1.165) is 11.1 Å². The van der Waals surface area contributed by atoms with Gasteiger partial charge in [-0.2, -0.15) is 0 Å². The van der Waals surface area contributed by atoms with E-state index in [1.54, 1.807) is 24.4 Å². The molecular formula is C19H20BrNO3. The molecule has 0 saturated carbocycles. The molecule has 126 valence electrons. The predicted octanol–water partition coefficient (Wildman–Crippen LogP) is 5.00. The summed E-state index contributed by atoms with van der Waals surface area (Å²) in [6, 6.07) is 13.2. The average Bonchev–Trinajstić information content (AvgIpc) is 2.51. The van der Waals surface area contributed by atoms with Crippen LogP contribution in [0.25, 0.3) is 0 Å². The zero-order chi connectivity index (χ0) is 17.7. The highest BCUT2D eigenvalue weighted by molar-refractivity contribution is 9.10. The number of oxime groups is 1. The molecule has 2 rings (SSSR count). The number of halogens is 1. The molecule has 0 amide bonds. The van der Waals surface area contributed by atoms with Crippen molar-refractivity contribution in [1.82, 2.24) is 0 Å². The topological polar surface area (TPSA) is 58.9 Å². The first-order valence-corrected chi connectivity index (χ1v) is 8.34. The second kappa shape index (κ2) is 7.62. The largest absolute Gasteiger partial charge is 0.478 e. The summed E-state index contributed by atoms with van der Waals surface area (Å²) in [5.41, 5.74) is 3.42. The van der Waals surface area contributed by atoms with Gasteiger partial charge in [0.1, 0.15) is 6.61 Å². The molecule has 0 radical (unpaired) electrons. The molecule has 0 heterocycles. The lowest BCUT2D eigenvalue weighted by Crippen LogP contribution is -2.10. The van der Waals surface area contributed by atoms with Crippen molar-refractivity contribution in [2.75, 3.05) is 0 Å². The lowest BCUT2D eigenvalue weighted by atomic mass is 9.87. The lowest BCUT2D eigenvalue weighted by Gasteiger charge is -2.18. The van der Waals surface area contributed by atoms with Gasteiger partial charge in [-0.05, 0) is 50.2 Å². The van der Waals surface area contributed by atoms with Crippen molar-refractivity contribution in [3.63, 3.8) is 0 Å². The molecule has 0 aliphatic heterocycles. The Morgan fingerprint density at radius 3 is 2.42 bits per heavy atom. The van der Waals surface area contributed by atoms with Crippen LogP contribution in [0.4, 0.5) is 0 Å². The van der Waals surface area contributed by atoms with Gasteiger partial charge in [-0.3, -0.25) is 0 Å². The number of aromatic carboxylic acids is 1. The number of carboxylic acids is 1. The molecule has 4 nitrogen and oxygen atoms in total. The Hall–Kier alpha value is -2.14. The number of benzene rings is 2. The van der Waals surface area contributed by atoms with Crippen LogP contribution in [0.15, 0.2) is 52.1 Å². The summed E-state index contributed by atoms with van der Waals surface area (Å²) >= 11 is 3.24. The van der Waals surface area contributed by atoms with Gasteiger partial charge in [-0.1, -0.05) is 56.3 Å². The maximum Gasteiger partial charge on any atom is 0.336 e. The van der Waals surface area contributed by atoms with Crippen molar-refractivity contribution in [1.29, 1.82) is 0 Å². The van der Waals surface area contributed by atoms with Crippen LogP contribution in [-0.4, -0.2) is 17.3 Å². The SMILES string of the molecule is CC(C)(C)c1ccc(/C=N/OCc2ccc(C(=O)O)c(Br)c2)cc1. The minimum Gasteiger partial charge on any atom is -0.478 e. The number of hydrogen-bond acceptors (Lipinski definition) is 3. The van der Waals surface area contributed by atoms with Gasteiger partial charge in [0, 0.05) is 4.47 Å². The third-order valence-corrected chi connectivity index (χ3v) is 4.20. The Kier molecular flexibility index (Phi) is 5.78. The summed E-state index contributed by atoms with van der Waals surface area (Å²) in [7, 11) is 0. The fourth-order valence-electron chi connectivity index (χ4n) is 2.10. The molecule has 2 aromatic rings. The van der Waals surface area contributed by atoms with E-state index in [9.17, 15) is 4.79 Å². The summed E-state index contributed by atoms with van der Waals surface area (Å²) < 4.78 is 0.526. The quantitative estimate of drug-likeness (QED) is 0.578. The molecule has 24 heavy (non-hydrogen) atoms. The van der Waals surface area contributed by atoms with E-state index in [0.29, 0.717) is 4.47 Å². The molecule has 0 saturated heterocycles. The molecule has 0 aromatic heterocycles. The third-order valence-electron chi connectivity index (χ3n) is 3.55. The molecule has 0 atom stereocenters. The van der Waals surface area contributed by atoms with Gasteiger partial charge in [0.05, 0.1) is 11.8 Å². The van der Waals surface area contributed by atoms with E-state index in [1.807, 2.05) is 12.1 Å². The smallest absolute Gasteiger partial charge is 0.336 e. The van der Waals surface area contributed by atoms with Crippen molar-refractivity contribution in [3.8, 4) is 0 Å². The maximum atomic E-state index is 11.0. The minimum atomic E-state index is -0.967. The van der Waals surface area contributed by atoms with Crippen LogP contribution in [0.1, 0.15) is 47.8 Å². The van der Waals surface area contributed by atoms with Crippen molar-refractivity contribution in [2.45, 2.75) is 32.8 Å². The zero-order valence-corrected chi connectivity index (χ0v) is 15.5. The Bertz CT molecular complexity index is 746. The Labute approximate surface area is 150 Å². The highest BCUT2D eigenvalue weighted by Crippen LogP contribution is 2.22. The normalized spacial score (nSPS) is 11.7. The monoisotopic (exact) mass is 389 g/mol. The fourth-order valence-corrected chi connectivity index (χ4v) is 2.70. The molecule has 5 heteroatoms. The second-order valence-corrected chi connectivity index (χ2v) is 7.35. The Balaban J connectivity index is 1.93. The number of hydrogen-bond donors (Lipinski definition) is 1. The molecule has 0 unspecified atom stereocenters. The van der Waals surface area contributed by atoms with Crippen molar-refractivity contribution < 1.29 is 14.7 Å². The van der Waals surface area contributed by atoms with Crippen LogP contribution >= 0.6 is 15.9 Å². The standard InChI is InChI=1S/C19H20BrNO3/c1-19(2,3)15-7-4-13(5-8-15)11-21-24-12-14-6-9-16(18(22)23)17(20)10-14/h4-11H,12H2,1-3H3,(H,22,23)/b21-11+. The molecule has 0 fully saturated rings. The van der Waals surface area contributed by atoms with E-state index in [-0.39, 0.29) is 17.6 Å². The van der Waals surface area contributed by atoms with Crippen molar-refractivity contribution in [2.24, 2.45) is 5.16 Å². The van der Waals surface area contributed by atoms with Crippen LogP contribution in [0, 0.1) is 0 Å². The zero-order valence-electron chi connectivity index (χ0n) is 13.9. The van der Waals surface area contributed by atoms with Crippen LogP contribution in [0.2, 0.25) is 0 Å². The third kappa shape index (κ3) is 4.93. The van der Waals surface area contributed by atoms with E-state index in [2.05, 4.69) is 54.0 Å². The molecule has 0 aliphatic carbocycles. The molecular weight excluding hydrogens is 370 g/mol. The highest BCUT2D eigenvalue weighted by Gasteiger charge is 2.12. The van der Waals surface area contributed by atoms with E-state index < -0.39 is 5.97 Å². The number of carboxylic acid groups (broad SMARTS) is 1. The lowest BCUT2D eigenvalue weighted by molar-refractivity contribution is 0.0695. The highest BCUT2D eigenvalue weighted by atomic mass is 79.9. The van der Waals surface area contributed by atoms with Gasteiger partial charge in [0.2, 0.25) is 0 Å². The maximum absolute atomic E-state index is 11.0. The van der Waals surface area contributed by atoms with Crippen LogP contribution in [0.5, 0.6) is 0 Å².